The van der Waals surface area contributed by atoms with Crippen molar-refractivity contribution in [2.75, 3.05) is 6.79 Å². The average molecular weight is 224 g/mol. The summed E-state index contributed by atoms with van der Waals surface area (Å²) in [5, 5.41) is 0. The molecule has 0 amide bonds. The van der Waals surface area contributed by atoms with Crippen LogP contribution in [0.5, 0.6) is 0 Å². The molecule has 0 aromatic rings. The van der Waals surface area contributed by atoms with Crippen LogP contribution in [0, 0.1) is 17.8 Å². The molecule has 4 saturated carbocycles. The molecule has 0 radical (unpaired) electrons. The Morgan fingerprint density at radius 1 is 1.12 bits per heavy atom. The van der Waals surface area contributed by atoms with Gasteiger partial charge < -0.3 is 9.47 Å². The quantitative estimate of drug-likeness (QED) is 0.546. The second-order valence-electron chi connectivity index (χ2n) is 6.00. The third-order valence-electron chi connectivity index (χ3n) is 4.61. The molecule has 0 N–H and O–H groups in total. The fourth-order valence-corrected chi connectivity index (χ4v) is 4.45. The first-order valence-electron chi connectivity index (χ1n) is 6.42. The number of carbonyl (C=O) groups is 1. The summed E-state index contributed by atoms with van der Waals surface area (Å²) in [6.07, 6.45) is 7.82. The summed E-state index contributed by atoms with van der Waals surface area (Å²) < 4.78 is 10.8. The first kappa shape index (κ1) is 10.6. The van der Waals surface area contributed by atoms with E-state index in [1.165, 1.54) is 45.4 Å². The molecule has 0 saturated heterocycles. The summed E-state index contributed by atoms with van der Waals surface area (Å²) in [4.78, 5) is 10.7. The van der Waals surface area contributed by atoms with Gasteiger partial charge in [0, 0.05) is 6.92 Å². The monoisotopic (exact) mass is 224 g/mol. The molecule has 4 aliphatic carbocycles. The van der Waals surface area contributed by atoms with E-state index in [9.17, 15) is 4.79 Å². The number of carbonyl (C=O) groups excluding carboxylic acids is 1. The van der Waals surface area contributed by atoms with Crippen molar-refractivity contribution in [3.63, 3.8) is 0 Å². The van der Waals surface area contributed by atoms with E-state index in [1.54, 1.807) is 0 Å². The highest BCUT2D eigenvalue weighted by Gasteiger charge is 2.51. The molecule has 90 valence electrons. The third-order valence-corrected chi connectivity index (χ3v) is 4.61. The lowest BCUT2D eigenvalue weighted by atomic mass is 9.54. The van der Waals surface area contributed by atoms with E-state index in [1.807, 2.05) is 0 Å². The van der Waals surface area contributed by atoms with E-state index in [2.05, 4.69) is 0 Å². The molecule has 0 aromatic carbocycles. The zero-order valence-corrected chi connectivity index (χ0v) is 9.91. The van der Waals surface area contributed by atoms with Crippen molar-refractivity contribution >= 4 is 5.97 Å². The summed E-state index contributed by atoms with van der Waals surface area (Å²) in [6, 6.07) is 0. The SMILES string of the molecule is CC(=O)OCOC12CC3CC(CC(C3)C1)C2. The van der Waals surface area contributed by atoms with Crippen LogP contribution in [-0.2, 0) is 14.3 Å². The van der Waals surface area contributed by atoms with E-state index >= 15 is 0 Å². The molecule has 0 atom stereocenters. The van der Waals surface area contributed by atoms with Gasteiger partial charge in [0.2, 0.25) is 0 Å². The zero-order chi connectivity index (χ0) is 11.2. The predicted octanol–water partition coefficient (Wildman–Crippen LogP) is 2.49. The highest BCUT2D eigenvalue weighted by Crippen LogP contribution is 2.57. The Balaban J connectivity index is 1.62. The fourth-order valence-electron chi connectivity index (χ4n) is 4.45. The molecule has 0 aromatic heterocycles. The van der Waals surface area contributed by atoms with Crippen LogP contribution in [-0.4, -0.2) is 18.4 Å². The van der Waals surface area contributed by atoms with Crippen LogP contribution >= 0.6 is 0 Å². The third kappa shape index (κ3) is 1.86. The molecular weight excluding hydrogens is 204 g/mol. The summed E-state index contributed by atoms with van der Waals surface area (Å²) in [5.41, 5.74) is 0.0597. The van der Waals surface area contributed by atoms with Gasteiger partial charge in [-0.1, -0.05) is 0 Å². The minimum absolute atomic E-state index is 0.0597. The smallest absolute Gasteiger partial charge is 0.304 e. The normalized spacial score (nSPS) is 44.7. The van der Waals surface area contributed by atoms with Gasteiger partial charge in [0.1, 0.15) is 0 Å². The average Bonchev–Trinajstić information content (AvgIpc) is 2.13. The molecule has 0 spiro atoms. The van der Waals surface area contributed by atoms with Crippen molar-refractivity contribution in [1.82, 2.24) is 0 Å². The molecule has 4 rings (SSSR count). The first-order valence-corrected chi connectivity index (χ1v) is 6.42. The van der Waals surface area contributed by atoms with Gasteiger partial charge in [-0.15, -0.1) is 0 Å². The van der Waals surface area contributed by atoms with E-state index in [0.717, 1.165) is 17.8 Å². The van der Waals surface area contributed by atoms with Crippen molar-refractivity contribution in [2.45, 2.75) is 51.0 Å². The Kier molecular flexibility index (Phi) is 2.46. The molecule has 3 nitrogen and oxygen atoms in total. The Bertz CT molecular complexity index is 262. The van der Waals surface area contributed by atoms with Crippen LogP contribution in [0.2, 0.25) is 0 Å². The van der Waals surface area contributed by atoms with Crippen molar-refractivity contribution in [3.05, 3.63) is 0 Å². The molecule has 0 unspecified atom stereocenters. The second-order valence-corrected chi connectivity index (χ2v) is 6.00. The van der Waals surface area contributed by atoms with E-state index in [4.69, 9.17) is 9.47 Å². The zero-order valence-electron chi connectivity index (χ0n) is 9.91. The van der Waals surface area contributed by atoms with Crippen LogP contribution in [0.25, 0.3) is 0 Å². The number of hydrogen-bond acceptors (Lipinski definition) is 3. The van der Waals surface area contributed by atoms with Gasteiger partial charge in [0.05, 0.1) is 5.60 Å². The van der Waals surface area contributed by atoms with Gasteiger partial charge in [-0.05, 0) is 56.3 Å². The number of hydrogen-bond donors (Lipinski definition) is 0. The highest BCUT2D eigenvalue weighted by atomic mass is 16.7. The molecule has 3 heteroatoms. The maximum Gasteiger partial charge on any atom is 0.304 e. The lowest BCUT2D eigenvalue weighted by molar-refractivity contribution is -0.209. The molecule has 16 heavy (non-hydrogen) atoms. The van der Waals surface area contributed by atoms with Crippen molar-refractivity contribution < 1.29 is 14.3 Å². The van der Waals surface area contributed by atoms with Gasteiger partial charge >= 0.3 is 5.97 Å². The Morgan fingerprint density at radius 3 is 2.06 bits per heavy atom. The van der Waals surface area contributed by atoms with Crippen molar-refractivity contribution in [3.8, 4) is 0 Å². The summed E-state index contributed by atoms with van der Waals surface area (Å²) in [5.74, 6) is 2.39. The van der Waals surface area contributed by atoms with Crippen molar-refractivity contribution in [1.29, 1.82) is 0 Å². The van der Waals surface area contributed by atoms with Gasteiger partial charge in [-0.25, -0.2) is 0 Å². The van der Waals surface area contributed by atoms with E-state index in [-0.39, 0.29) is 18.4 Å². The van der Waals surface area contributed by atoms with Crippen LogP contribution in [0.1, 0.15) is 45.4 Å². The molecule has 0 heterocycles. The van der Waals surface area contributed by atoms with Crippen molar-refractivity contribution in [2.24, 2.45) is 17.8 Å². The second kappa shape index (κ2) is 3.73. The van der Waals surface area contributed by atoms with Crippen LogP contribution in [0.3, 0.4) is 0 Å². The standard InChI is InChI=1S/C13H20O3/c1-9(14)15-8-16-13-5-10-2-11(6-13)4-12(3-10)7-13/h10-12H,2-8H2,1H3. The molecule has 4 aliphatic rings. The van der Waals surface area contributed by atoms with E-state index < -0.39 is 0 Å². The summed E-state index contributed by atoms with van der Waals surface area (Å²) in [6.45, 7) is 1.59. The molecule has 4 bridgehead atoms. The topological polar surface area (TPSA) is 35.5 Å². The minimum Gasteiger partial charge on any atom is -0.439 e. The Labute approximate surface area is 96.5 Å². The lowest BCUT2D eigenvalue weighted by Crippen LogP contribution is -2.52. The first-order chi connectivity index (χ1) is 7.65. The Hall–Kier alpha value is -0.570. The van der Waals surface area contributed by atoms with Crippen LogP contribution in [0.4, 0.5) is 0 Å². The maximum atomic E-state index is 10.7. The minimum atomic E-state index is -0.246. The maximum absolute atomic E-state index is 10.7. The molecular formula is C13H20O3. The number of esters is 1. The summed E-state index contributed by atoms with van der Waals surface area (Å²) in [7, 11) is 0. The molecule has 0 aliphatic heterocycles. The van der Waals surface area contributed by atoms with Gasteiger partial charge in [-0.3, -0.25) is 4.79 Å². The molecule has 4 fully saturated rings. The largest absolute Gasteiger partial charge is 0.439 e. The Morgan fingerprint density at radius 2 is 1.62 bits per heavy atom. The number of ether oxygens (including phenoxy) is 2. The van der Waals surface area contributed by atoms with E-state index in [0.29, 0.717) is 0 Å². The van der Waals surface area contributed by atoms with Gasteiger partial charge in [0.15, 0.2) is 6.79 Å². The van der Waals surface area contributed by atoms with Gasteiger partial charge in [-0.2, -0.15) is 0 Å². The lowest BCUT2D eigenvalue weighted by Gasteiger charge is -2.56. The van der Waals surface area contributed by atoms with Crippen LogP contribution in [0.15, 0.2) is 0 Å². The number of rotatable bonds is 3. The summed E-state index contributed by atoms with van der Waals surface area (Å²) >= 11 is 0. The van der Waals surface area contributed by atoms with Crippen LogP contribution < -0.4 is 0 Å². The fraction of sp³-hybridized carbons (Fsp3) is 0.923. The van der Waals surface area contributed by atoms with Gasteiger partial charge in [0.25, 0.3) is 0 Å². The highest BCUT2D eigenvalue weighted by molar-refractivity contribution is 5.65. The predicted molar refractivity (Wildman–Crippen MR) is 58.6 cm³/mol.